The number of aromatic nitrogens is 3. The van der Waals surface area contributed by atoms with Crippen molar-refractivity contribution in [1.29, 1.82) is 0 Å². The van der Waals surface area contributed by atoms with Crippen molar-refractivity contribution in [3.63, 3.8) is 0 Å². The number of fused-ring (bicyclic) bond motifs is 1. The minimum Gasteiger partial charge on any atom is -0.329 e. The molecule has 2 aromatic heterocycles. The summed E-state index contributed by atoms with van der Waals surface area (Å²) in [6.07, 6.45) is 1.41. The Hall–Kier alpha value is -1.31. The van der Waals surface area contributed by atoms with Gasteiger partial charge in [0.1, 0.15) is 11.6 Å². The van der Waals surface area contributed by atoms with Crippen LogP contribution in [0.15, 0.2) is 28.9 Å². The van der Waals surface area contributed by atoms with E-state index in [9.17, 15) is 8.78 Å². The highest BCUT2D eigenvalue weighted by Crippen LogP contribution is 2.26. The van der Waals surface area contributed by atoms with Crippen LogP contribution in [0.3, 0.4) is 0 Å². The van der Waals surface area contributed by atoms with Gasteiger partial charge < -0.3 is 4.98 Å². The molecule has 2 heterocycles. The van der Waals surface area contributed by atoms with Crippen LogP contribution >= 0.6 is 39.7 Å². The fourth-order valence-corrected chi connectivity index (χ4v) is 2.64. The number of nitrogens with zero attached hydrogens (tertiary/aromatic N) is 2. The molecule has 0 saturated carbocycles. The Labute approximate surface area is 130 Å². The summed E-state index contributed by atoms with van der Waals surface area (Å²) in [4.78, 5) is 6.96. The van der Waals surface area contributed by atoms with Crippen LogP contribution in [0.1, 0.15) is 0 Å². The highest BCUT2D eigenvalue weighted by atomic mass is 79.9. The van der Waals surface area contributed by atoms with E-state index in [1.165, 1.54) is 10.8 Å². The standard InChI is InChI=1S/C12H5BrClF2N3S/c13-6-2-8(16)10(3-7(6)15)19-11-9(18-12(19)20)1-5(14)4-17-11/h1-4H,(H,18,20). The van der Waals surface area contributed by atoms with Crippen molar-refractivity contribution in [2.45, 2.75) is 0 Å². The second kappa shape index (κ2) is 4.91. The predicted octanol–water partition coefficient (Wildman–Crippen LogP) is 4.78. The van der Waals surface area contributed by atoms with Gasteiger partial charge in [0.15, 0.2) is 10.4 Å². The first-order chi connectivity index (χ1) is 9.47. The molecule has 3 rings (SSSR count). The third kappa shape index (κ3) is 2.15. The van der Waals surface area contributed by atoms with Gasteiger partial charge in [0.05, 0.1) is 20.7 Å². The topological polar surface area (TPSA) is 33.6 Å². The normalized spacial score (nSPS) is 11.2. The minimum absolute atomic E-state index is 0.0169. The summed E-state index contributed by atoms with van der Waals surface area (Å²) in [5.41, 5.74) is 0.905. The molecule has 0 atom stereocenters. The van der Waals surface area contributed by atoms with Gasteiger partial charge >= 0.3 is 0 Å². The zero-order valence-corrected chi connectivity index (χ0v) is 12.8. The summed E-state index contributed by atoms with van der Waals surface area (Å²) in [7, 11) is 0. The third-order valence-corrected chi connectivity index (χ3v) is 3.82. The quantitative estimate of drug-likeness (QED) is 0.490. The Morgan fingerprint density at radius 1 is 1.25 bits per heavy atom. The van der Waals surface area contributed by atoms with Crippen molar-refractivity contribution >= 4 is 50.9 Å². The number of H-pyrrole nitrogens is 1. The third-order valence-electron chi connectivity index (χ3n) is 2.72. The van der Waals surface area contributed by atoms with Crippen LogP contribution in [0, 0.1) is 16.4 Å². The second-order valence-electron chi connectivity index (χ2n) is 4.01. The van der Waals surface area contributed by atoms with Gasteiger partial charge in [-0.2, -0.15) is 0 Å². The van der Waals surface area contributed by atoms with Crippen LogP contribution in [-0.4, -0.2) is 14.5 Å². The van der Waals surface area contributed by atoms with Crippen LogP contribution < -0.4 is 0 Å². The number of hydrogen-bond donors (Lipinski definition) is 1. The Morgan fingerprint density at radius 2 is 2.00 bits per heavy atom. The van der Waals surface area contributed by atoms with Crippen LogP contribution in [0.5, 0.6) is 0 Å². The first-order valence-corrected chi connectivity index (χ1v) is 6.96. The van der Waals surface area contributed by atoms with E-state index in [-0.39, 0.29) is 14.9 Å². The number of nitrogens with one attached hydrogen (secondary N) is 1. The highest BCUT2D eigenvalue weighted by molar-refractivity contribution is 9.10. The summed E-state index contributed by atoms with van der Waals surface area (Å²) in [6.45, 7) is 0. The van der Waals surface area contributed by atoms with Crippen molar-refractivity contribution in [3.8, 4) is 5.69 Å². The van der Waals surface area contributed by atoms with E-state index in [1.807, 2.05) is 0 Å². The zero-order chi connectivity index (χ0) is 14.4. The molecule has 0 amide bonds. The Kier molecular flexibility index (Phi) is 3.35. The van der Waals surface area contributed by atoms with Gasteiger partial charge in [0, 0.05) is 12.3 Å². The molecule has 3 aromatic rings. The maximum atomic E-state index is 14.0. The van der Waals surface area contributed by atoms with Crippen molar-refractivity contribution < 1.29 is 8.78 Å². The van der Waals surface area contributed by atoms with E-state index in [2.05, 4.69) is 25.9 Å². The van der Waals surface area contributed by atoms with Gasteiger partial charge in [-0.15, -0.1) is 0 Å². The number of imidazole rings is 1. The number of pyridine rings is 1. The molecule has 0 aliphatic heterocycles. The van der Waals surface area contributed by atoms with Gasteiger partial charge in [-0.1, -0.05) is 11.6 Å². The van der Waals surface area contributed by atoms with Gasteiger partial charge in [-0.3, -0.25) is 4.57 Å². The molecular weight excluding hydrogens is 372 g/mol. The number of aromatic amines is 1. The van der Waals surface area contributed by atoms with E-state index in [0.29, 0.717) is 16.2 Å². The fraction of sp³-hybridized carbons (Fsp3) is 0. The molecule has 0 saturated heterocycles. The van der Waals surface area contributed by atoms with Gasteiger partial charge in [-0.05, 0) is 40.3 Å². The lowest BCUT2D eigenvalue weighted by Gasteiger charge is -2.06. The van der Waals surface area contributed by atoms with Crippen LogP contribution in [0.4, 0.5) is 8.78 Å². The van der Waals surface area contributed by atoms with Crippen molar-refractivity contribution in [2.24, 2.45) is 0 Å². The molecule has 3 nitrogen and oxygen atoms in total. The SMILES string of the molecule is Fc1cc(-n2c(=S)[nH]c3cc(Cl)cnc32)c(F)cc1Br. The maximum Gasteiger partial charge on any atom is 0.184 e. The lowest BCUT2D eigenvalue weighted by molar-refractivity contribution is 0.587. The summed E-state index contributed by atoms with van der Waals surface area (Å²) in [5, 5.41) is 0.420. The zero-order valence-electron chi connectivity index (χ0n) is 9.62. The number of halogens is 4. The lowest BCUT2D eigenvalue weighted by Crippen LogP contribution is -2.00. The molecular formula is C12H5BrClF2N3S. The molecule has 0 aliphatic rings. The molecule has 0 aliphatic carbocycles. The van der Waals surface area contributed by atoms with Gasteiger partial charge in [-0.25, -0.2) is 13.8 Å². The first kappa shape index (κ1) is 13.7. The summed E-state index contributed by atoms with van der Waals surface area (Å²) < 4.78 is 29.3. The fourth-order valence-electron chi connectivity index (χ4n) is 1.88. The Bertz CT molecular complexity index is 890. The molecule has 102 valence electrons. The van der Waals surface area contributed by atoms with Crippen molar-refractivity contribution in [3.05, 3.63) is 50.3 Å². The number of benzene rings is 1. The molecule has 0 unspecified atom stereocenters. The molecule has 1 aromatic carbocycles. The summed E-state index contributed by atoms with van der Waals surface area (Å²) in [6, 6.07) is 3.71. The molecule has 0 fully saturated rings. The summed E-state index contributed by atoms with van der Waals surface area (Å²) in [5.74, 6) is -1.21. The van der Waals surface area contributed by atoms with Gasteiger partial charge in [0.2, 0.25) is 0 Å². The van der Waals surface area contributed by atoms with E-state index in [0.717, 1.165) is 12.1 Å². The molecule has 20 heavy (non-hydrogen) atoms. The number of rotatable bonds is 1. The molecule has 0 bridgehead atoms. The molecule has 8 heteroatoms. The van der Waals surface area contributed by atoms with Crippen molar-refractivity contribution in [1.82, 2.24) is 14.5 Å². The molecule has 1 N–H and O–H groups in total. The monoisotopic (exact) mass is 375 g/mol. The van der Waals surface area contributed by atoms with Crippen LogP contribution in [0.2, 0.25) is 5.02 Å². The van der Waals surface area contributed by atoms with Crippen LogP contribution in [0.25, 0.3) is 16.9 Å². The van der Waals surface area contributed by atoms with E-state index >= 15 is 0 Å². The largest absolute Gasteiger partial charge is 0.329 e. The minimum atomic E-state index is -0.618. The predicted molar refractivity (Wildman–Crippen MR) is 78.9 cm³/mol. The van der Waals surface area contributed by atoms with Crippen molar-refractivity contribution in [2.75, 3.05) is 0 Å². The number of hydrogen-bond acceptors (Lipinski definition) is 2. The second-order valence-corrected chi connectivity index (χ2v) is 5.69. The van der Waals surface area contributed by atoms with E-state index < -0.39 is 11.6 Å². The summed E-state index contributed by atoms with van der Waals surface area (Å²) >= 11 is 13.9. The smallest absolute Gasteiger partial charge is 0.184 e. The first-order valence-electron chi connectivity index (χ1n) is 5.38. The van der Waals surface area contributed by atoms with E-state index in [4.69, 9.17) is 23.8 Å². The molecule has 0 radical (unpaired) electrons. The van der Waals surface area contributed by atoms with E-state index in [1.54, 1.807) is 6.07 Å². The Balaban J connectivity index is 2.38. The Morgan fingerprint density at radius 3 is 2.75 bits per heavy atom. The lowest BCUT2D eigenvalue weighted by atomic mass is 10.3. The average Bonchev–Trinajstić information content (AvgIpc) is 2.69. The molecule has 0 spiro atoms. The highest BCUT2D eigenvalue weighted by Gasteiger charge is 2.15. The van der Waals surface area contributed by atoms with Crippen LogP contribution in [-0.2, 0) is 0 Å². The maximum absolute atomic E-state index is 14.0. The van der Waals surface area contributed by atoms with Gasteiger partial charge in [0.25, 0.3) is 0 Å². The average molecular weight is 377 g/mol.